The first-order valence-electron chi connectivity index (χ1n) is 9.30. The van der Waals surface area contributed by atoms with Gasteiger partial charge in [0.2, 0.25) is 11.6 Å². The van der Waals surface area contributed by atoms with E-state index < -0.39 is 58.8 Å². The Hall–Kier alpha value is -3.63. The largest absolute Gasteiger partial charge is 0.546 e. The predicted octanol–water partition coefficient (Wildman–Crippen LogP) is 1.96. The molecule has 2 atom stereocenters. The standard InChI is InChI=1S/C16H11F4NO4.C6H7N/c17-10-9-14(13(20)12(19)11(10)18)25-8(15(22)23)6-16(9,24)21-7-4-2-1-3-5-7;7-6-4-2-1-3-5-6/h1-5,8,21,24H,6H2,(H,22,23);1-5H,7H2. The molecule has 5 N–H and O–H groups in total. The Morgan fingerprint density at radius 2 is 1.50 bits per heavy atom. The molecule has 4 rings (SSSR count). The molecule has 0 spiro atoms. The molecular formula is C22H18F4N2O4. The lowest BCUT2D eigenvalue weighted by molar-refractivity contribution is -0.315. The summed E-state index contributed by atoms with van der Waals surface area (Å²) in [5, 5.41) is 24.2. The molecule has 168 valence electrons. The van der Waals surface area contributed by atoms with Crippen molar-refractivity contribution in [2.24, 2.45) is 0 Å². The molecule has 6 nitrogen and oxygen atoms in total. The number of hydrogen-bond donors (Lipinski definition) is 3. The lowest BCUT2D eigenvalue weighted by Gasteiger charge is -2.40. The van der Waals surface area contributed by atoms with Crippen LogP contribution in [0.4, 0.5) is 28.9 Å². The van der Waals surface area contributed by atoms with E-state index in [4.69, 9.17) is 4.74 Å². The van der Waals surface area contributed by atoms with E-state index in [2.05, 4.69) is 11.1 Å². The van der Waals surface area contributed by atoms with Crippen molar-refractivity contribution in [2.75, 3.05) is 5.32 Å². The van der Waals surface area contributed by atoms with Crippen LogP contribution in [0.1, 0.15) is 12.0 Å². The summed E-state index contributed by atoms with van der Waals surface area (Å²) in [4.78, 5) is 11.1. The number of hydrogen-bond acceptors (Lipinski definition) is 5. The molecule has 0 saturated carbocycles. The highest BCUT2D eigenvalue weighted by Gasteiger charge is 2.47. The second-order valence-electron chi connectivity index (χ2n) is 6.93. The topological polar surface area (TPSA) is 109 Å². The molecule has 0 fully saturated rings. The molecule has 1 aliphatic rings. The number of fused-ring (bicyclic) bond motifs is 1. The van der Waals surface area contributed by atoms with E-state index in [1.165, 1.54) is 12.1 Å². The van der Waals surface area contributed by atoms with Gasteiger partial charge >= 0.3 is 0 Å². The number of para-hydroxylation sites is 1. The van der Waals surface area contributed by atoms with E-state index in [9.17, 15) is 32.6 Å². The summed E-state index contributed by atoms with van der Waals surface area (Å²) < 4.78 is 60.0. The monoisotopic (exact) mass is 450 g/mol. The zero-order valence-corrected chi connectivity index (χ0v) is 16.4. The van der Waals surface area contributed by atoms with Crippen LogP contribution in [0.2, 0.25) is 0 Å². The van der Waals surface area contributed by atoms with E-state index in [0.29, 0.717) is 0 Å². The number of carbonyl (C=O) groups is 1. The predicted molar refractivity (Wildman–Crippen MR) is 103 cm³/mol. The third-order valence-corrected chi connectivity index (χ3v) is 4.61. The second-order valence-corrected chi connectivity index (χ2v) is 6.93. The first kappa shape index (κ1) is 23.0. The fourth-order valence-corrected chi connectivity index (χ4v) is 3.13. The summed E-state index contributed by atoms with van der Waals surface area (Å²) in [5.74, 6) is -11.3. The normalized spacial score (nSPS) is 19.1. The average Bonchev–Trinajstić information content (AvgIpc) is 2.77. The van der Waals surface area contributed by atoms with Crippen LogP contribution >= 0.6 is 0 Å². The number of nitrogens with one attached hydrogen (secondary N) is 1. The van der Waals surface area contributed by atoms with Gasteiger partial charge in [0.1, 0.15) is 11.8 Å². The number of ether oxygens (including phenoxy) is 1. The van der Waals surface area contributed by atoms with Gasteiger partial charge in [-0.2, -0.15) is 4.39 Å². The number of aliphatic carboxylic acids is 1. The van der Waals surface area contributed by atoms with Crippen molar-refractivity contribution in [3.05, 3.63) is 89.5 Å². The van der Waals surface area contributed by atoms with E-state index in [-0.39, 0.29) is 5.69 Å². The smallest absolute Gasteiger partial charge is 0.204 e. The average molecular weight is 450 g/mol. The Morgan fingerprint density at radius 3 is 2.00 bits per heavy atom. The van der Waals surface area contributed by atoms with Crippen molar-refractivity contribution in [1.82, 2.24) is 0 Å². The molecule has 1 aliphatic heterocycles. The van der Waals surface area contributed by atoms with Crippen LogP contribution in [-0.4, -0.2) is 17.2 Å². The highest BCUT2D eigenvalue weighted by atomic mass is 19.2. The Morgan fingerprint density at radius 1 is 0.969 bits per heavy atom. The summed E-state index contributed by atoms with van der Waals surface area (Å²) in [5.41, 5.74) is 1.34. The number of quaternary nitrogens is 1. The Labute approximate surface area is 179 Å². The van der Waals surface area contributed by atoms with Crippen LogP contribution in [0, 0.1) is 23.3 Å². The molecule has 2 unspecified atom stereocenters. The third kappa shape index (κ3) is 4.66. The number of anilines is 1. The van der Waals surface area contributed by atoms with Crippen molar-refractivity contribution in [3.63, 3.8) is 0 Å². The van der Waals surface area contributed by atoms with Crippen LogP contribution in [0.5, 0.6) is 5.75 Å². The zero-order chi connectivity index (χ0) is 23.5. The molecule has 32 heavy (non-hydrogen) atoms. The van der Waals surface area contributed by atoms with E-state index in [1.807, 2.05) is 30.3 Å². The number of carboxylic acids is 1. The SMILES string of the molecule is O=C([O-])C1CC(O)(Nc2ccccc2)c2c(F)c(F)c(F)c(F)c2O1.[NH3+]c1ccccc1. The maximum atomic E-state index is 14.2. The Balaban J connectivity index is 0.000000352. The summed E-state index contributed by atoms with van der Waals surface area (Å²) >= 11 is 0. The van der Waals surface area contributed by atoms with Gasteiger partial charge in [0, 0.05) is 12.1 Å². The van der Waals surface area contributed by atoms with Gasteiger partial charge in [-0.3, -0.25) is 0 Å². The van der Waals surface area contributed by atoms with Crippen molar-refractivity contribution in [1.29, 1.82) is 0 Å². The zero-order valence-electron chi connectivity index (χ0n) is 16.4. The van der Waals surface area contributed by atoms with Crippen molar-refractivity contribution < 1.29 is 43.0 Å². The first-order chi connectivity index (χ1) is 15.1. The van der Waals surface area contributed by atoms with E-state index in [1.54, 1.807) is 18.2 Å². The number of carboxylic acid groups (broad SMARTS) is 1. The summed E-state index contributed by atoms with van der Waals surface area (Å²) in [6.45, 7) is 0. The fourth-order valence-electron chi connectivity index (χ4n) is 3.13. The van der Waals surface area contributed by atoms with E-state index in [0.717, 1.165) is 5.69 Å². The molecule has 3 aromatic carbocycles. The number of benzene rings is 3. The molecule has 0 aliphatic carbocycles. The van der Waals surface area contributed by atoms with Crippen LogP contribution in [0.15, 0.2) is 60.7 Å². The number of halogens is 4. The van der Waals surface area contributed by atoms with Gasteiger partial charge in [-0.25, -0.2) is 13.2 Å². The quantitative estimate of drug-likeness (QED) is 0.245. The van der Waals surface area contributed by atoms with Crippen LogP contribution in [0.3, 0.4) is 0 Å². The molecule has 3 aromatic rings. The molecule has 0 aromatic heterocycles. The van der Waals surface area contributed by atoms with Crippen molar-refractivity contribution >= 4 is 17.3 Å². The minimum atomic E-state index is -2.58. The summed E-state index contributed by atoms with van der Waals surface area (Å²) in [6, 6.07) is 17.5. The molecule has 1 heterocycles. The summed E-state index contributed by atoms with van der Waals surface area (Å²) in [6.07, 6.45) is -2.76. The van der Waals surface area contributed by atoms with Crippen molar-refractivity contribution in [3.8, 4) is 5.75 Å². The fraction of sp³-hybridized carbons (Fsp3) is 0.136. The first-order valence-corrected chi connectivity index (χ1v) is 9.30. The van der Waals surface area contributed by atoms with Gasteiger partial charge in [0.05, 0.1) is 11.5 Å². The Bertz CT molecular complexity index is 1120. The van der Waals surface area contributed by atoms with Crippen LogP contribution in [0.25, 0.3) is 0 Å². The third-order valence-electron chi connectivity index (χ3n) is 4.61. The number of rotatable bonds is 3. The van der Waals surface area contributed by atoms with Gasteiger partial charge in [-0.1, -0.05) is 36.4 Å². The molecule has 0 radical (unpaired) electrons. The Kier molecular flexibility index (Phi) is 6.66. The van der Waals surface area contributed by atoms with Crippen LogP contribution in [-0.2, 0) is 10.5 Å². The van der Waals surface area contributed by atoms with E-state index >= 15 is 0 Å². The minimum Gasteiger partial charge on any atom is -0.546 e. The van der Waals surface area contributed by atoms with Crippen LogP contribution < -0.4 is 20.9 Å². The molecule has 0 saturated heterocycles. The lowest BCUT2D eigenvalue weighted by atomic mass is 9.90. The second kappa shape index (κ2) is 9.25. The highest BCUT2D eigenvalue weighted by Crippen LogP contribution is 2.44. The van der Waals surface area contributed by atoms with Gasteiger partial charge in [-0.15, -0.1) is 0 Å². The maximum absolute atomic E-state index is 14.2. The van der Waals surface area contributed by atoms with Gasteiger partial charge in [0.25, 0.3) is 0 Å². The van der Waals surface area contributed by atoms with Gasteiger partial charge in [-0.05, 0) is 24.3 Å². The van der Waals surface area contributed by atoms with Gasteiger partial charge in [0.15, 0.2) is 23.1 Å². The van der Waals surface area contributed by atoms with Crippen molar-refractivity contribution in [2.45, 2.75) is 18.2 Å². The lowest BCUT2D eigenvalue weighted by Crippen LogP contribution is -2.51. The molecule has 10 heteroatoms. The highest BCUT2D eigenvalue weighted by molar-refractivity contribution is 5.72. The van der Waals surface area contributed by atoms with Gasteiger partial charge < -0.3 is 30.8 Å². The number of aliphatic hydroxyl groups is 1. The minimum absolute atomic E-state index is 0.194. The summed E-state index contributed by atoms with van der Waals surface area (Å²) in [7, 11) is 0. The molecule has 0 amide bonds. The molecular weight excluding hydrogens is 432 g/mol. The number of carbonyl (C=O) groups excluding carboxylic acids is 1. The maximum Gasteiger partial charge on any atom is 0.204 e. The molecule has 0 bridgehead atoms.